The van der Waals surface area contributed by atoms with Gasteiger partial charge in [0.15, 0.2) is 11.6 Å². The minimum atomic E-state index is -1.07. The van der Waals surface area contributed by atoms with Gasteiger partial charge in [0.2, 0.25) is 0 Å². The van der Waals surface area contributed by atoms with Gasteiger partial charge < -0.3 is 5.11 Å². The molecule has 0 saturated heterocycles. The monoisotopic (exact) mass is 278 g/mol. The number of carboxylic acids is 1. The lowest BCUT2D eigenvalue weighted by Gasteiger charge is -2.17. The van der Waals surface area contributed by atoms with E-state index in [1.165, 1.54) is 6.08 Å². The van der Waals surface area contributed by atoms with Crippen LogP contribution in [0, 0.1) is 0 Å². The second kappa shape index (κ2) is 4.83. The summed E-state index contributed by atoms with van der Waals surface area (Å²) in [5.41, 5.74) is 2.02. The predicted octanol–water partition coefficient (Wildman–Crippen LogP) is 2.56. The Morgan fingerprint density at radius 3 is 2.05 bits per heavy atom. The Kier molecular flexibility index (Phi) is 2.99. The number of carbonyl (C=O) groups is 3. The summed E-state index contributed by atoms with van der Waals surface area (Å²) in [6.45, 7) is 0. The van der Waals surface area contributed by atoms with E-state index in [2.05, 4.69) is 0 Å². The van der Waals surface area contributed by atoms with Crippen molar-refractivity contribution in [2.45, 2.75) is 0 Å². The summed E-state index contributed by atoms with van der Waals surface area (Å²) < 4.78 is 0. The number of fused-ring (bicyclic) bond motifs is 2. The van der Waals surface area contributed by atoms with Crippen LogP contribution in [0.2, 0.25) is 0 Å². The Morgan fingerprint density at radius 1 is 0.857 bits per heavy atom. The summed E-state index contributed by atoms with van der Waals surface area (Å²) in [4.78, 5) is 35.4. The quantitative estimate of drug-likeness (QED) is 0.731. The molecule has 0 fully saturated rings. The molecule has 2 aromatic rings. The van der Waals surface area contributed by atoms with E-state index in [-0.39, 0.29) is 11.6 Å². The Labute approximate surface area is 120 Å². The number of hydrogen-bond acceptors (Lipinski definition) is 3. The zero-order valence-corrected chi connectivity index (χ0v) is 10.9. The minimum absolute atomic E-state index is 0.186. The van der Waals surface area contributed by atoms with Crippen molar-refractivity contribution in [1.82, 2.24) is 0 Å². The van der Waals surface area contributed by atoms with Gasteiger partial charge in [0.05, 0.1) is 0 Å². The fraction of sp³-hybridized carbons (Fsp3) is 0. The molecule has 4 heteroatoms. The number of carboxylic acid groups (broad SMARTS) is 1. The molecular formula is C17H10O4. The normalized spacial score (nSPS) is 13.1. The van der Waals surface area contributed by atoms with Crippen LogP contribution in [0.5, 0.6) is 0 Å². The summed E-state index contributed by atoms with van der Waals surface area (Å²) in [5.74, 6) is -1.47. The van der Waals surface area contributed by atoms with E-state index < -0.39 is 5.97 Å². The van der Waals surface area contributed by atoms with Crippen LogP contribution in [0.4, 0.5) is 0 Å². The molecule has 1 aliphatic carbocycles. The van der Waals surface area contributed by atoms with Crippen molar-refractivity contribution < 1.29 is 19.5 Å². The maximum absolute atomic E-state index is 12.5. The van der Waals surface area contributed by atoms with Gasteiger partial charge >= 0.3 is 5.97 Å². The highest BCUT2D eigenvalue weighted by Crippen LogP contribution is 2.28. The second-order valence-corrected chi connectivity index (χ2v) is 4.68. The van der Waals surface area contributed by atoms with Gasteiger partial charge in [-0.25, -0.2) is 4.79 Å². The molecule has 0 spiro atoms. The van der Waals surface area contributed by atoms with E-state index in [4.69, 9.17) is 5.11 Å². The first-order valence-corrected chi connectivity index (χ1v) is 6.31. The lowest BCUT2D eigenvalue weighted by molar-refractivity contribution is -0.131. The summed E-state index contributed by atoms with van der Waals surface area (Å²) in [5, 5.41) is 8.63. The van der Waals surface area contributed by atoms with E-state index >= 15 is 0 Å². The van der Waals surface area contributed by atoms with Crippen molar-refractivity contribution in [2.24, 2.45) is 0 Å². The first-order chi connectivity index (χ1) is 10.1. The molecule has 0 amide bonds. The van der Waals surface area contributed by atoms with E-state index in [9.17, 15) is 14.4 Å². The Hall–Kier alpha value is -3.01. The highest BCUT2D eigenvalue weighted by atomic mass is 16.4. The van der Waals surface area contributed by atoms with Crippen LogP contribution < -0.4 is 0 Å². The largest absolute Gasteiger partial charge is 0.478 e. The van der Waals surface area contributed by atoms with Gasteiger partial charge in [0, 0.05) is 28.3 Å². The van der Waals surface area contributed by atoms with Crippen LogP contribution in [0.1, 0.15) is 37.4 Å². The van der Waals surface area contributed by atoms with Gasteiger partial charge in [-0.2, -0.15) is 0 Å². The van der Waals surface area contributed by atoms with E-state index in [0.717, 1.165) is 6.08 Å². The maximum atomic E-state index is 12.5. The van der Waals surface area contributed by atoms with E-state index in [0.29, 0.717) is 27.8 Å². The predicted molar refractivity (Wildman–Crippen MR) is 76.4 cm³/mol. The van der Waals surface area contributed by atoms with Gasteiger partial charge in [-0.1, -0.05) is 30.3 Å². The average molecular weight is 278 g/mol. The van der Waals surface area contributed by atoms with Gasteiger partial charge in [-0.3, -0.25) is 9.59 Å². The van der Waals surface area contributed by atoms with Crippen molar-refractivity contribution in [1.29, 1.82) is 0 Å². The summed E-state index contributed by atoms with van der Waals surface area (Å²) in [6, 6.07) is 11.4. The molecule has 0 aliphatic heterocycles. The lowest BCUT2D eigenvalue weighted by Crippen LogP contribution is -2.20. The molecule has 0 aromatic heterocycles. The number of rotatable bonds is 2. The van der Waals surface area contributed by atoms with E-state index in [1.807, 2.05) is 0 Å². The molecule has 0 heterocycles. The molecular weight excluding hydrogens is 268 g/mol. The maximum Gasteiger partial charge on any atom is 0.328 e. The highest BCUT2D eigenvalue weighted by Gasteiger charge is 2.28. The van der Waals surface area contributed by atoms with Gasteiger partial charge in [-0.05, 0) is 23.8 Å². The third-order valence-electron chi connectivity index (χ3n) is 3.37. The molecule has 4 nitrogen and oxygen atoms in total. The Morgan fingerprint density at radius 2 is 1.43 bits per heavy atom. The average Bonchev–Trinajstić information content (AvgIpc) is 2.50. The molecule has 102 valence electrons. The minimum Gasteiger partial charge on any atom is -0.478 e. The number of carbonyl (C=O) groups excluding carboxylic acids is 2. The third kappa shape index (κ3) is 2.17. The topological polar surface area (TPSA) is 71.4 Å². The van der Waals surface area contributed by atoms with Crippen LogP contribution in [0.15, 0.2) is 48.5 Å². The zero-order chi connectivity index (χ0) is 15.0. The molecule has 0 radical (unpaired) electrons. The Balaban J connectivity index is 2.13. The lowest BCUT2D eigenvalue weighted by atomic mass is 9.83. The first kappa shape index (κ1) is 13.0. The van der Waals surface area contributed by atoms with Gasteiger partial charge in [0.25, 0.3) is 0 Å². The highest BCUT2D eigenvalue weighted by molar-refractivity contribution is 6.28. The molecule has 0 unspecified atom stereocenters. The zero-order valence-electron chi connectivity index (χ0n) is 10.9. The molecule has 1 N–H and O–H groups in total. The Bertz CT molecular complexity index is 815. The number of aliphatic carboxylic acids is 1. The SMILES string of the molecule is O=C(O)/C=C/c1ccc2c(c1)C(=O)c1ccccc1C2=O. The molecule has 0 bridgehead atoms. The molecule has 21 heavy (non-hydrogen) atoms. The van der Waals surface area contributed by atoms with Gasteiger partial charge in [0.1, 0.15) is 0 Å². The molecule has 0 saturated carbocycles. The van der Waals surface area contributed by atoms with Crippen molar-refractivity contribution >= 4 is 23.6 Å². The van der Waals surface area contributed by atoms with Crippen molar-refractivity contribution in [3.05, 3.63) is 76.4 Å². The first-order valence-electron chi connectivity index (χ1n) is 6.31. The summed E-state index contributed by atoms with van der Waals surface area (Å²) >= 11 is 0. The summed E-state index contributed by atoms with van der Waals surface area (Å²) in [6.07, 6.45) is 2.38. The number of benzene rings is 2. The van der Waals surface area contributed by atoms with Crippen molar-refractivity contribution in [3.8, 4) is 0 Å². The third-order valence-corrected chi connectivity index (χ3v) is 3.37. The summed E-state index contributed by atoms with van der Waals surface area (Å²) in [7, 11) is 0. The van der Waals surface area contributed by atoms with Crippen LogP contribution in [0.25, 0.3) is 6.08 Å². The number of hydrogen-bond donors (Lipinski definition) is 1. The van der Waals surface area contributed by atoms with E-state index in [1.54, 1.807) is 42.5 Å². The van der Waals surface area contributed by atoms with Crippen LogP contribution in [-0.2, 0) is 4.79 Å². The fourth-order valence-electron chi connectivity index (χ4n) is 2.39. The van der Waals surface area contributed by atoms with Crippen LogP contribution in [-0.4, -0.2) is 22.6 Å². The standard InChI is InChI=1S/C17H10O4/c18-15(19)8-6-10-5-7-13-14(9-10)17(21)12-4-2-1-3-11(12)16(13)20/h1-9H,(H,18,19)/b8-6+. The van der Waals surface area contributed by atoms with Crippen LogP contribution >= 0.6 is 0 Å². The van der Waals surface area contributed by atoms with Gasteiger partial charge in [-0.15, -0.1) is 0 Å². The second-order valence-electron chi connectivity index (χ2n) is 4.68. The molecule has 3 rings (SSSR count). The van der Waals surface area contributed by atoms with Crippen molar-refractivity contribution in [3.63, 3.8) is 0 Å². The fourth-order valence-corrected chi connectivity index (χ4v) is 2.39. The van der Waals surface area contributed by atoms with Crippen LogP contribution in [0.3, 0.4) is 0 Å². The van der Waals surface area contributed by atoms with Crippen molar-refractivity contribution in [2.75, 3.05) is 0 Å². The number of ketones is 2. The molecule has 2 aromatic carbocycles. The smallest absolute Gasteiger partial charge is 0.328 e. The molecule has 1 aliphatic rings. The molecule has 0 atom stereocenters.